The quantitative estimate of drug-likeness (QED) is 0.250. The maximum atomic E-state index is 7.13. The number of hydrogen-bond donors (Lipinski definition) is 0. The second kappa shape index (κ2) is 14.6. The van der Waals surface area contributed by atoms with Gasteiger partial charge in [-0.25, -0.2) is 10.5 Å². The van der Waals surface area contributed by atoms with Gasteiger partial charge < -0.3 is 25.3 Å². The van der Waals surface area contributed by atoms with E-state index in [1.165, 1.54) is 60.8 Å². The molecule has 0 atom stereocenters. The van der Waals surface area contributed by atoms with Gasteiger partial charge in [-0.2, -0.15) is 0 Å². The van der Waals surface area contributed by atoms with Crippen LogP contribution in [0.15, 0.2) is 24.3 Å². The molecule has 4 aliphatic rings. The molecule has 4 fully saturated rings. The summed E-state index contributed by atoms with van der Waals surface area (Å²) in [6.07, 6.45) is 4.26. The van der Waals surface area contributed by atoms with E-state index in [0.29, 0.717) is 13.8 Å². The maximum absolute atomic E-state index is 7.13. The average Bonchev–Trinajstić information content (AvgIpc) is 2.56. The second-order valence-corrected chi connectivity index (χ2v) is 9.34. The van der Waals surface area contributed by atoms with Crippen LogP contribution in [-0.4, -0.2) is 53.6 Å². The molecule has 4 bridgehead atoms. The summed E-state index contributed by atoms with van der Waals surface area (Å²) in [5.74, 6) is 0.653. The van der Waals surface area contributed by atoms with Gasteiger partial charge in [0.1, 0.15) is 0 Å². The van der Waals surface area contributed by atoms with Crippen molar-refractivity contribution in [3.63, 3.8) is 0 Å². The Morgan fingerprint density at radius 2 is 1.22 bits per heavy atom. The van der Waals surface area contributed by atoms with E-state index in [1.807, 2.05) is 0 Å². The average molecular weight is 509 g/mol. The second-order valence-electron chi connectivity index (χ2n) is 6.78. The van der Waals surface area contributed by atoms with Gasteiger partial charge in [0, 0.05) is 18.9 Å². The third kappa shape index (κ3) is 10.1. The van der Waals surface area contributed by atoms with Gasteiger partial charge >= 0.3 is 19.5 Å². The SMILES string of the molecule is C1N2CN3CN1CP(C2)C3.Cc1ccc(C(C)C)cc1.N#C[S-].N#C[S-].[Ru+2]. The zero-order valence-corrected chi connectivity index (χ0v) is 20.2. The largest absolute Gasteiger partial charge is 2.00 e. The molecule has 0 aromatic heterocycles. The molecule has 0 unspecified atom stereocenters. The van der Waals surface area contributed by atoms with Crippen LogP contribution in [0, 0.1) is 28.3 Å². The number of benzene rings is 1. The van der Waals surface area contributed by atoms with Crippen LogP contribution in [0.1, 0.15) is 30.9 Å². The summed E-state index contributed by atoms with van der Waals surface area (Å²) in [6, 6.07) is 8.71. The van der Waals surface area contributed by atoms with Gasteiger partial charge in [0.05, 0.1) is 20.0 Å². The van der Waals surface area contributed by atoms with Gasteiger partial charge in [-0.3, -0.25) is 14.7 Å². The molecule has 1 aromatic rings. The Kier molecular flexibility index (Phi) is 14.3. The van der Waals surface area contributed by atoms with Crippen molar-refractivity contribution < 1.29 is 19.5 Å². The van der Waals surface area contributed by atoms with Crippen molar-refractivity contribution in [2.24, 2.45) is 0 Å². The number of aryl methyl sites for hydroxylation is 1. The molecule has 27 heavy (non-hydrogen) atoms. The summed E-state index contributed by atoms with van der Waals surface area (Å²) in [7, 11) is 0.366. The molecule has 5 rings (SSSR count). The van der Waals surface area contributed by atoms with Gasteiger partial charge in [-0.1, -0.05) is 62.4 Å². The fraction of sp³-hybridized carbons (Fsp3) is 0.556. The van der Waals surface area contributed by atoms with Crippen molar-refractivity contribution in [3.8, 4) is 10.8 Å². The van der Waals surface area contributed by atoms with E-state index in [4.69, 9.17) is 10.5 Å². The molecule has 0 radical (unpaired) electrons. The van der Waals surface area contributed by atoms with Crippen LogP contribution in [-0.2, 0) is 44.7 Å². The van der Waals surface area contributed by atoms with Crippen molar-refractivity contribution in [1.82, 2.24) is 14.7 Å². The number of hydrogen-bond acceptors (Lipinski definition) is 7. The van der Waals surface area contributed by atoms with Gasteiger partial charge in [-0.15, -0.1) is 0 Å². The van der Waals surface area contributed by atoms with Gasteiger partial charge in [0.2, 0.25) is 0 Å². The predicted molar refractivity (Wildman–Crippen MR) is 113 cm³/mol. The molecule has 5 nitrogen and oxygen atoms in total. The zero-order valence-electron chi connectivity index (χ0n) is 16.0. The molecule has 4 aliphatic heterocycles. The molecule has 4 heterocycles. The molecule has 0 N–H and O–H groups in total. The normalized spacial score (nSPS) is 25.7. The molecule has 1 aromatic carbocycles. The molecule has 0 spiro atoms. The van der Waals surface area contributed by atoms with Crippen LogP contribution in [0.5, 0.6) is 0 Å². The molecular formula is C18H26N5PRuS2. The van der Waals surface area contributed by atoms with Crippen molar-refractivity contribution in [2.45, 2.75) is 26.7 Å². The Balaban J connectivity index is 0.000000380. The number of nitriles is 2. The standard InChI is InChI=1S/C10H14.C6H12N3P.2CHNS.Ru/c1-8(2)10-6-4-9(3)5-7-10;1-7-2-9-3-8(1)5-10(4-7)6-9;2*2-1-3;/h4-8H,1-3H3;1-6H2;2*3H;/q;;;;+2/p-2. The van der Waals surface area contributed by atoms with Gasteiger partial charge in [-0.05, 0) is 18.4 Å². The first-order valence-corrected chi connectivity index (χ1v) is 11.1. The minimum atomic E-state index is 0. The first kappa shape index (κ1) is 26.6. The summed E-state index contributed by atoms with van der Waals surface area (Å²) >= 11 is 7.40. The van der Waals surface area contributed by atoms with E-state index in [2.05, 4.69) is 85.0 Å². The van der Waals surface area contributed by atoms with Crippen LogP contribution < -0.4 is 0 Å². The van der Waals surface area contributed by atoms with Crippen molar-refractivity contribution in [3.05, 3.63) is 35.4 Å². The minimum Gasteiger partial charge on any atom is -0.696 e. The van der Waals surface area contributed by atoms with Crippen molar-refractivity contribution in [1.29, 1.82) is 10.5 Å². The Morgan fingerprint density at radius 1 is 0.889 bits per heavy atom. The third-order valence-electron chi connectivity index (χ3n) is 4.14. The van der Waals surface area contributed by atoms with E-state index < -0.39 is 0 Å². The van der Waals surface area contributed by atoms with Crippen LogP contribution in [0.4, 0.5) is 0 Å². The third-order valence-corrected chi connectivity index (χ3v) is 6.54. The molecule has 0 aliphatic carbocycles. The first-order chi connectivity index (χ1) is 12.4. The van der Waals surface area contributed by atoms with Crippen LogP contribution >= 0.6 is 7.92 Å². The Hall–Kier alpha value is -0.427. The molecule has 148 valence electrons. The molecule has 4 saturated heterocycles. The van der Waals surface area contributed by atoms with Gasteiger partial charge in [0.25, 0.3) is 0 Å². The fourth-order valence-electron chi connectivity index (χ4n) is 3.19. The fourth-order valence-corrected chi connectivity index (χ4v) is 5.69. The number of rotatable bonds is 1. The van der Waals surface area contributed by atoms with Gasteiger partial charge in [0.15, 0.2) is 0 Å². The van der Waals surface area contributed by atoms with Crippen LogP contribution in [0.2, 0.25) is 0 Å². The Morgan fingerprint density at radius 3 is 1.48 bits per heavy atom. The summed E-state index contributed by atoms with van der Waals surface area (Å²) < 4.78 is 0. The molecule has 9 heteroatoms. The van der Waals surface area contributed by atoms with Crippen LogP contribution in [0.25, 0.3) is 0 Å². The molecule has 0 saturated carbocycles. The van der Waals surface area contributed by atoms with E-state index >= 15 is 0 Å². The first-order valence-electron chi connectivity index (χ1n) is 8.41. The number of thiocyanates is 2. The van der Waals surface area contributed by atoms with E-state index in [1.54, 1.807) is 0 Å². The predicted octanol–water partition coefficient (Wildman–Crippen LogP) is 3.30. The topological polar surface area (TPSA) is 57.3 Å². The van der Waals surface area contributed by atoms with Crippen LogP contribution in [0.3, 0.4) is 0 Å². The zero-order chi connectivity index (χ0) is 19.5. The molecular weight excluding hydrogens is 482 g/mol. The minimum absolute atomic E-state index is 0. The summed E-state index contributed by atoms with van der Waals surface area (Å²) in [6.45, 7) is 10.3. The van der Waals surface area contributed by atoms with Crippen molar-refractivity contribution in [2.75, 3.05) is 38.9 Å². The number of nitrogens with zero attached hydrogens (tertiary/aromatic N) is 5. The van der Waals surface area contributed by atoms with E-state index in [-0.39, 0.29) is 19.5 Å². The summed E-state index contributed by atoms with van der Waals surface area (Å²) in [4.78, 5) is 7.71. The smallest absolute Gasteiger partial charge is 0.696 e. The molecule has 0 amide bonds. The summed E-state index contributed by atoms with van der Waals surface area (Å²) in [5.41, 5.74) is 2.76. The Labute approximate surface area is 189 Å². The van der Waals surface area contributed by atoms with E-state index in [9.17, 15) is 0 Å². The Bertz CT molecular complexity index is 547. The summed E-state index contributed by atoms with van der Waals surface area (Å²) in [5, 5.41) is 16.9. The van der Waals surface area contributed by atoms with Crippen molar-refractivity contribution >= 4 is 33.2 Å². The van der Waals surface area contributed by atoms with E-state index in [0.717, 1.165) is 0 Å². The maximum Gasteiger partial charge on any atom is 2.00 e. The monoisotopic (exact) mass is 509 g/mol.